The van der Waals surface area contributed by atoms with Gasteiger partial charge in [0.05, 0.1) is 14.8 Å². The molecule has 0 aromatic heterocycles. The number of rotatable bonds is 18. The van der Waals surface area contributed by atoms with E-state index in [0.717, 1.165) is 87.8 Å². The maximum absolute atomic E-state index is 14.7. The molecule has 1 saturated heterocycles. The number of nitrogens with zero attached hydrogens (tertiary/aromatic N) is 6. The third kappa shape index (κ3) is 14.6. The summed E-state index contributed by atoms with van der Waals surface area (Å²) in [5.74, 6) is -0.623. The number of hydrogen-bond donors (Lipinski definition) is 1. The summed E-state index contributed by atoms with van der Waals surface area (Å²) in [5.41, 5.74) is -2.03. The summed E-state index contributed by atoms with van der Waals surface area (Å²) >= 11 is 0. The highest BCUT2D eigenvalue weighted by atomic mass is 32.2. The molecule has 3 aromatic carbocycles. The van der Waals surface area contributed by atoms with Crippen molar-refractivity contribution in [1.29, 1.82) is 0 Å². The Morgan fingerprint density at radius 2 is 1.02 bits per heavy atom. The van der Waals surface area contributed by atoms with E-state index in [1.807, 2.05) is 6.08 Å². The molecule has 23 heteroatoms. The van der Waals surface area contributed by atoms with Gasteiger partial charge in [-0.3, -0.25) is 35.1 Å². The summed E-state index contributed by atoms with van der Waals surface area (Å²) in [7, 11) is -13.9. The number of allylic oxidation sites excluding steroid dienone is 1. The normalized spacial score (nSPS) is 17.7. The Morgan fingerprint density at radius 1 is 0.576 bits per heavy atom. The van der Waals surface area contributed by atoms with Crippen LogP contribution in [0.15, 0.2) is 99.6 Å². The van der Waals surface area contributed by atoms with Crippen molar-refractivity contribution in [3.63, 3.8) is 0 Å². The zero-order valence-corrected chi connectivity index (χ0v) is 39.5. The number of nitrogens with one attached hydrogen (secondary N) is 1. The van der Waals surface area contributed by atoms with Crippen LogP contribution in [0, 0.1) is 30.3 Å². The first kappa shape index (κ1) is 53.4. The number of carbonyl (C=O) groups excluding carboxylic acids is 1. The van der Waals surface area contributed by atoms with E-state index in [4.69, 9.17) is 0 Å². The van der Waals surface area contributed by atoms with Crippen LogP contribution in [0.25, 0.3) is 0 Å². The van der Waals surface area contributed by atoms with Gasteiger partial charge < -0.3 is 5.32 Å². The number of nitro benzene ring substituents is 3. The minimum atomic E-state index is -4.78. The van der Waals surface area contributed by atoms with Gasteiger partial charge in [-0.1, -0.05) is 94.0 Å². The minimum absolute atomic E-state index is 0.0107. The number of para-hydroxylation sites is 3. The third-order valence-corrected chi connectivity index (χ3v) is 17.0. The van der Waals surface area contributed by atoms with Gasteiger partial charge in [-0.25, -0.2) is 25.3 Å². The molecular weight excluding hydrogens is 919 g/mol. The van der Waals surface area contributed by atoms with Gasteiger partial charge in [0.2, 0.25) is 36.0 Å². The smallest absolute Gasteiger partial charge is 0.289 e. The van der Waals surface area contributed by atoms with Crippen LogP contribution in [0.5, 0.6) is 0 Å². The van der Waals surface area contributed by atoms with Gasteiger partial charge in [-0.15, -0.1) is 0 Å². The van der Waals surface area contributed by atoms with Crippen LogP contribution >= 0.6 is 0 Å². The molecule has 66 heavy (non-hydrogen) atoms. The second-order valence-electron chi connectivity index (χ2n) is 15.8. The second kappa shape index (κ2) is 25.6. The summed E-state index contributed by atoms with van der Waals surface area (Å²) in [6.45, 7) is 0.759. The van der Waals surface area contributed by atoms with E-state index < -0.39 is 102 Å². The topological polar surface area (TPSA) is 271 Å². The van der Waals surface area contributed by atoms with Crippen molar-refractivity contribution in [1.82, 2.24) is 18.2 Å². The fourth-order valence-corrected chi connectivity index (χ4v) is 12.9. The van der Waals surface area contributed by atoms with E-state index in [1.165, 1.54) is 36.4 Å². The fourth-order valence-electron chi connectivity index (χ4n) is 7.73. The molecule has 0 spiro atoms. The number of nitro groups is 3. The Hall–Kier alpha value is -5.20. The molecule has 0 radical (unpaired) electrons. The highest BCUT2D eigenvalue weighted by Crippen LogP contribution is 2.32. The first-order chi connectivity index (χ1) is 31.4. The number of hydrogen-bond acceptors (Lipinski definition) is 13. The third-order valence-electron chi connectivity index (χ3n) is 11.1. The number of unbranched alkanes of at least 4 members (excludes halogenated alkanes) is 6. The second-order valence-corrected chi connectivity index (χ2v) is 21.5. The van der Waals surface area contributed by atoms with E-state index in [2.05, 4.69) is 12.2 Å². The summed E-state index contributed by atoms with van der Waals surface area (Å²) in [5, 5.41) is 38.8. The lowest BCUT2D eigenvalue weighted by Crippen LogP contribution is -2.45. The molecule has 4 rings (SSSR count). The lowest BCUT2D eigenvalue weighted by molar-refractivity contribution is -0.388. The monoisotopic (exact) mass is 977 g/mol. The molecule has 3 aromatic rings. The molecule has 1 heterocycles. The summed E-state index contributed by atoms with van der Waals surface area (Å²) < 4.78 is 89.0. The van der Waals surface area contributed by atoms with Crippen LogP contribution in [0.1, 0.15) is 96.8 Å². The van der Waals surface area contributed by atoms with Crippen molar-refractivity contribution in [2.24, 2.45) is 0 Å². The Bertz CT molecular complexity index is 2510. The quantitative estimate of drug-likeness (QED) is 0.0567. The SMILES string of the molecule is CCCCCCCC/C=C\C[C@H]1CC(=O)NCCCN(S(=O)(=O)c2ccccc2[N+](=O)[O-])CCCCCN(S(=O)(=O)c2ccccc2[N+](=O)[O-])CCCN1S(=O)(=O)c1ccccc1[N+](=O)[O-]. The standard InChI is InChI=1S/C43H59N7O13S3/c1-2-3-4-5-6-7-8-9-11-22-36-35-43(51)44-29-20-32-45(64(58,59)40-26-15-12-23-37(40)48(52)53)30-18-10-19-31-46(65(60,61)41-27-16-13-24-38(41)49(54)55)33-21-34-47(36)66(62,63)42-28-17-14-25-39(42)50(56)57/h9,11-17,23-28,36H,2-8,10,18-22,29-35H2,1H3,(H,44,51)/b11-9-/t36-/m0/s1. The van der Waals surface area contributed by atoms with Crippen LogP contribution in [0.2, 0.25) is 0 Å². The van der Waals surface area contributed by atoms with Gasteiger partial charge in [0, 0.05) is 69.9 Å². The van der Waals surface area contributed by atoms with Gasteiger partial charge in [0.25, 0.3) is 17.1 Å². The average Bonchev–Trinajstić information content (AvgIpc) is 3.28. The highest BCUT2D eigenvalue weighted by molar-refractivity contribution is 7.89. The molecule has 0 bridgehead atoms. The predicted molar refractivity (Wildman–Crippen MR) is 247 cm³/mol. The van der Waals surface area contributed by atoms with E-state index in [0.29, 0.717) is 6.42 Å². The van der Waals surface area contributed by atoms with Crippen molar-refractivity contribution in [2.45, 2.75) is 118 Å². The summed E-state index contributed by atoms with van der Waals surface area (Å²) in [6.07, 6.45) is 10.5. The first-order valence-corrected chi connectivity index (χ1v) is 26.4. The molecule has 1 N–H and O–H groups in total. The largest absolute Gasteiger partial charge is 0.356 e. The number of benzene rings is 3. The van der Waals surface area contributed by atoms with Crippen LogP contribution < -0.4 is 5.32 Å². The van der Waals surface area contributed by atoms with E-state index >= 15 is 0 Å². The van der Waals surface area contributed by atoms with Crippen LogP contribution in [0.4, 0.5) is 17.1 Å². The van der Waals surface area contributed by atoms with Crippen LogP contribution in [-0.4, -0.2) is 104 Å². The Labute approximate surface area is 386 Å². The Kier molecular flexibility index (Phi) is 20.8. The number of sulfonamides is 3. The van der Waals surface area contributed by atoms with Crippen molar-refractivity contribution in [3.8, 4) is 0 Å². The summed E-state index contributed by atoms with van der Waals surface area (Å²) in [4.78, 5) is 45.5. The molecule has 1 fully saturated rings. The van der Waals surface area contributed by atoms with Gasteiger partial charge >= 0.3 is 0 Å². The number of amides is 1. The zero-order valence-electron chi connectivity index (χ0n) is 37.0. The van der Waals surface area contributed by atoms with Crippen molar-refractivity contribution < 1.29 is 44.8 Å². The Morgan fingerprint density at radius 3 is 1.52 bits per heavy atom. The van der Waals surface area contributed by atoms with Gasteiger partial charge in [0.1, 0.15) is 0 Å². The molecule has 0 unspecified atom stereocenters. The van der Waals surface area contributed by atoms with Crippen molar-refractivity contribution in [3.05, 3.63) is 115 Å². The molecule has 0 saturated carbocycles. The number of carbonyl (C=O) groups is 1. The van der Waals surface area contributed by atoms with Gasteiger partial charge in [-0.05, 0) is 63.1 Å². The maximum Gasteiger partial charge on any atom is 0.289 e. The lowest BCUT2D eigenvalue weighted by atomic mass is 10.1. The fraction of sp³-hybridized carbons (Fsp3) is 0.512. The molecule has 0 aliphatic carbocycles. The minimum Gasteiger partial charge on any atom is -0.356 e. The molecule has 20 nitrogen and oxygen atoms in total. The van der Waals surface area contributed by atoms with Crippen molar-refractivity contribution >= 4 is 53.0 Å². The molecular formula is C43H59N7O13S3. The lowest BCUT2D eigenvalue weighted by Gasteiger charge is -2.31. The van der Waals surface area contributed by atoms with E-state index in [-0.39, 0.29) is 71.2 Å². The molecule has 1 aliphatic heterocycles. The predicted octanol–water partition coefficient (Wildman–Crippen LogP) is 7.32. The van der Waals surface area contributed by atoms with Gasteiger partial charge in [0.15, 0.2) is 14.7 Å². The van der Waals surface area contributed by atoms with E-state index in [9.17, 15) is 60.4 Å². The molecule has 1 aliphatic rings. The van der Waals surface area contributed by atoms with E-state index in [1.54, 1.807) is 6.08 Å². The van der Waals surface area contributed by atoms with Gasteiger partial charge in [-0.2, -0.15) is 12.9 Å². The summed E-state index contributed by atoms with van der Waals surface area (Å²) in [6, 6.07) is 13.3. The first-order valence-electron chi connectivity index (χ1n) is 22.1. The molecule has 362 valence electrons. The molecule has 1 amide bonds. The Balaban J connectivity index is 1.77. The molecule has 1 atom stereocenters. The average molecular weight is 978 g/mol. The van der Waals surface area contributed by atoms with Crippen LogP contribution in [0.3, 0.4) is 0 Å². The zero-order chi connectivity index (χ0) is 48.3. The van der Waals surface area contributed by atoms with Crippen LogP contribution in [-0.2, 0) is 34.9 Å². The maximum atomic E-state index is 14.7. The van der Waals surface area contributed by atoms with Crippen molar-refractivity contribution in [2.75, 3.05) is 39.3 Å². The highest BCUT2D eigenvalue weighted by Gasteiger charge is 2.38.